The van der Waals surface area contributed by atoms with Crippen molar-refractivity contribution in [1.82, 2.24) is 4.90 Å². The van der Waals surface area contributed by atoms with Gasteiger partial charge in [-0.3, -0.25) is 9.69 Å². The highest BCUT2D eigenvalue weighted by Gasteiger charge is 2.28. The van der Waals surface area contributed by atoms with Gasteiger partial charge in [0.05, 0.1) is 31.3 Å². The Morgan fingerprint density at radius 2 is 2.22 bits per heavy atom. The van der Waals surface area contributed by atoms with Crippen LogP contribution in [-0.2, 0) is 14.3 Å². The number of carboxylic acid groups (broad SMARTS) is 1. The molecule has 1 aliphatic heterocycles. The Morgan fingerprint density at radius 3 is 2.78 bits per heavy atom. The fourth-order valence-electron chi connectivity index (χ4n) is 2.11. The van der Waals surface area contributed by atoms with Gasteiger partial charge < -0.3 is 19.7 Å². The first-order chi connectivity index (χ1) is 8.52. The molecule has 0 amide bonds. The number of ether oxygens (including phenoxy) is 2. The molecule has 0 aromatic rings. The maximum atomic E-state index is 10.8. The monoisotopic (exact) mass is 261 g/mol. The summed E-state index contributed by atoms with van der Waals surface area (Å²) in [6, 6.07) is 0. The summed E-state index contributed by atoms with van der Waals surface area (Å²) in [6.45, 7) is 4.33. The molecule has 6 nitrogen and oxygen atoms in total. The second-order valence-corrected chi connectivity index (χ2v) is 4.84. The van der Waals surface area contributed by atoms with E-state index in [-0.39, 0.29) is 18.6 Å². The predicted molar refractivity (Wildman–Crippen MR) is 65.5 cm³/mol. The summed E-state index contributed by atoms with van der Waals surface area (Å²) < 4.78 is 10.3. The number of methoxy groups -OCH3 is 1. The first-order valence-electron chi connectivity index (χ1n) is 6.26. The van der Waals surface area contributed by atoms with Gasteiger partial charge in [0.1, 0.15) is 0 Å². The Kier molecular flexibility index (Phi) is 6.56. The molecule has 0 spiro atoms. The third-order valence-corrected chi connectivity index (χ3v) is 3.07. The standard InChI is InChI=1S/C12H23NO5/c1-9(7-17-2)18-8-11(14)6-13-4-3-10(5-13)12(15)16/h9-11,14H,3-8H2,1-2H3,(H,15,16). The van der Waals surface area contributed by atoms with Crippen molar-refractivity contribution in [3.8, 4) is 0 Å². The Bertz CT molecular complexity index is 261. The first kappa shape index (κ1) is 15.4. The molecule has 0 aromatic heterocycles. The van der Waals surface area contributed by atoms with E-state index >= 15 is 0 Å². The van der Waals surface area contributed by atoms with E-state index < -0.39 is 12.1 Å². The fourth-order valence-corrected chi connectivity index (χ4v) is 2.11. The number of nitrogens with zero attached hydrogens (tertiary/aromatic N) is 1. The van der Waals surface area contributed by atoms with Crippen LogP contribution in [0.4, 0.5) is 0 Å². The lowest BCUT2D eigenvalue weighted by atomic mass is 10.1. The van der Waals surface area contributed by atoms with Gasteiger partial charge in [0.15, 0.2) is 0 Å². The zero-order chi connectivity index (χ0) is 13.5. The molecular formula is C12H23NO5. The SMILES string of the molecule is COCC(C)OCC(O)CN1CCC(C(=O)O)C1. The van der Waals surface area contributed by atoms with Gasteiger partial charge >= 0.3 is 5.97 Å². The largest absolute Gasteiger partial charge is 0.481 e. The fraction of sp³-hybridized carbons (Fsp3) is 0.917. The Morgan fingerprint density at radius 1 is 1.50 bits per heavy atom. The van der Waals surface area contributed by atoms with Crippen molar-refractivity contribution in [3.63, 3.8) is 0 Å². The van der Waals surface area contributed by atoms with Crippen LogP contribution in [0.2, 0.25) is 0 Å². The third-order valence-electron chi connectivity index (χ3n) is 3.07. The van der Waals surface area contributed by atoms with Crippen molar-refractivity contribution in [2.24, 2.45) is 5.92 Å². The molecule has 18 heavy (non-hydrogen) atoms. The van der Waals surface area contributed by atoms with E-state index in [0.29, 0.717) is 26.1 Å². The predicted octanol–water partition coefficient (Wildman–Crippen LogP) is -0.195. The summed E-state index contributed by atoms with van der Waals surface area (Å²) in [5.41, 5.74) is 0. The number of carbonyl (C=O) groups is 1. The molecule has 1 aliphatic rings. The Labute approximate surface area is 107 Å². The average molecular weight is 261 g/mol. The molecule has 0 bridgehead atoms. The second kappa shape index (κ2) is 7.68. The highest BCUT2D eigenvalue weighted by molar-refractivity contribution is 5.70. The number of likely N-dealkylation sites (tertiary alicyclic amines) is 1. The number of aliphatic hydroxyl groups excluding tert-OH is 1. The van der Waals surface area contributed by atoms with Crippen molar-refractivity contribution in [3.05, 3.63) is 0 Å². The summed E-state index contributed by atoms with van der Waals surface area (Å²) in [4.78, 5) is 12.8. The van der Waals surface area contributed by atoms with Gasteiger partial charge in [0.2, 0.25) is 0 Å². The molecule has 0 aromatic carbocycles. The van der Waals surface area contributed by atoms with Crippen molar-refractivity contribution in [2.75, 3.05) is 40.0 Å². The zero-order valence-electron chi connectivity index (χ0n) is 11.0. The van der Waals surface area contributed by atoms with Crippen molar-refractivity contribution in [2.45, 2.75) is 25.6 Å². The van der Waals surface area contributed by atoms with Gasteiger partial charge in [0.25, 0.3) is 0 Å². The van der Waals surface area contributed by atoms with Crippen LogP contribution in [0.1, 0.15) is 13.3 Å². The number of rotatable bonds is 8. The number of hydrogen-bond donors (Lipinski definition) is 2. The minimum atomic E-state index is -0.753. The zero-order valence-corrected chi connectivity index (χ0v) is 11.0. The third kappa shape index (κ3) is 5.30. The molecule has 1 saturated heterocycles. The number of aliphatic hydroxyl groups is 1. The van der Waals surface area contributed by atoms with Gasteiger partial charge in [-0.15, -0.1) is 0 Å². The Hall–Kier alpha value is -0.690. The van der Waals surface area contributed by atoms with E-state index in [0.717, 1.165) is 6.54 Å². The van der Waals surface area contributed by atoms with Crippen LogP contribution >= 0.6 is 0 Å². The van der Waals surface area contributed by atoms with E-state index in [2.05, 4.69) is 0 Å². The van der Waals surface area contributed by atoms with Gasteiger partial charge in [0, 0.05) is 20.2 Å². The van der Waals surface area contributed by atoms with Crippen LogP contribution in [0.5, 0.6) is 0 Å². The minimum absolute atomic E-state index is 0.0463. The number of β-amino-alcohol motifs (C(OH)–C–C–N with tert-alkyl or cyclic N) is 1. The molecule has 1 fully saturated rings. The Balaban J connectivity index is 2.17. The summed E-state index contributed by atoms with van der Waals surface area (Å²) in [5.74, 6) is -1.05. The van der Waals surface area contributed by atoms with Crippen molar-refractivity contribution in [1.29, 1.82) is 0 Å². The van der Waals surface area contributed by atoms with Crippen LogP contribution in [0, 0.1) is 5.92 Å². The molecule has 0 aliphatic carbocycles. The van der Waals surface area contributed by atoms with Crippen molar-refractivity contribution < 1.29 is 24.5 Å². The van der Waals surface area contributed by atoms with E-state index in [4.69, 9.17) is 14.6 Å². The molecule has 1 rings (SSSR count). The lowest BCUT2D eigenvalue weighted by Gasteiger charge is -2.21. The van der Waals surface area contributed by atoms with Gasteiger partial charge in [-0.1, -0.05) is 0 Å². The number of aliphatic carboxylic acids is 1. The van der Waals surface area contributed by atoms with Crippen LogP contribution in [0.15, 0.2) is 0 Å². The molecule has 0 radical (unpaired) electrons. The highest BCUT2D eigenvalue weighted by atomic mass is 16.5. The maximum absolute atomic E-state index is 10.8. The molecule has 106 valence electrons. The maximum Gasteiger partial charge on any atom is 0.307 e. The van der Waals surface area contributed by atoms with Gasteiger partial charge in [-0.25, -0.2) is 0 Å². The van der Waals surface area contributed by atoms with Crippen LogP contribution < -0.4 is 0 Å². The highest BCUT2D eigenvalue weighted by Crippen LogP contribution is 2.16. The lowest BCUT2D eigenvalue weighted by molar-refractivity contribution is -0.141. The quantitative estimate of drug-likeness (QED) is 0.630. The van der Waals surface area contributed by atoms with Crippen LogP contribution in [-0.4, -0.2) is 73.2 Å². The summed E-state index contributed by atoms with van der Waals surface area (Å²) in [7, 11) is 1.60. The molecule has 0 saturated carbocycles. The number of hydrogen-bond acceptors (Lipinski definition) is 5. The summed E-state index contributed by atoms with van der Waals surface area (Å²) in [5, 5.41) is 18.7. The van der Waals surface area contributed by atoms with E-state index in [1.165, 1.54) is 0 Å². The van der Waals surface area contributed by atoms with Crippen LogP contribution in [0.25, 0.3) is 0 Å². The summed E-state index contributed by atoms with van der Waals surface area (Å²) >= 11 is 0. The normalized spacial score (nSPS) is 24.1. The smallest absolute Gasteiger partial charge is 0.307 e. The lowest BCUT2D eigenvalue weighted by Crippen LogP contribution is -2.35. The van der Waals surface area contributed by atoms with Gasteiger partial charge in [-0.2, -0.15) is 0 Å². The van der Waals surface area contributed by atoms with E-state index in [1.54, 1.807) is 7.11 Å². The first-order valence-corrected chi connectivity index (χ1v) is 6.26. The van der Waals surface area contributed by atoms with Gasteiger partial charge in [-0.05, 0) is 19.9 Å². The van der Waals surface area contributed by atoms with E-state index in [9.17, 15) is 9.90 Å². The minimum Gasteiger partial charge on any atom is -0.481 e. The topological polar surface area (TPSA) is 79.2 Å². The van der Waals surface area contributed by atoms with Crippen molar-refractivity contribution >= 4 is 5.97 Å². The summed E-state index contributed by atoms with van der Waals surface area (Å²) in [6.07, 6.45) is 0.0232. The molecule has 3 atom stereocenters. The molecule has 2 N–H and O–H groups in total. The molecule has 1 heterocycles. The van der Waals surface area contributed by atoms with Crippen LogP contribution in [0.3, 0.4) is 0 Å². The molecular weight excluding hydrogens is 238 g/mol. The molecule has 6 heteroatoms. The second-order valence-electron chi connectivity index (χ2n) is 4.84. The average Bonchev–Trinajstić information content (AvgIpc) is 2.75. The van der Waals surface area contributed by atoms with E-state index in [1.807, 2.05) is 11.8 Å². The number of carboxylic acids is 1. The molecule has 3 unspecified atom stereocenters.